The Hall–Kier alpha value is -0.600. The molecule has 1 rings (SSSR count). The lowest BCUT2D eigenvalue weighted by atomic mass is 9.97. The van der Waals surface area contributed by atoms with E-state index in [4.69, 9.17) is 11.6 Å². The van der Waals surface area contributed by atoms with Crippen LogP contribution in [-0.2, 0) is 0 Å². The summed E-state index contributed by atoms with van der Waals surface area (Å²) in [5, 5.41) is 3.82. The first-order chi connectivity index (χ1) is 8.00. The van der Waals surface area contributed by atoms with Crippen molar-refractivity contribution in [1.82, 2.24) is 5.32 Å². The van der Waals surface area contributed by atoms with Crippen molar-refractivity contribution >= 4 is 11.6 Å². The third kappa shape index (κ3) is 5.05. The van der Waals surface area contributed by atoms with Crippen molar-refractivity contribution in [2.45, 2.75) is 33.1 Å². The molecule has 0 aliphatic carbocycles. The van der Waals surface area contributed by atoms with Crippen molar-refractivity contribution in [2.24, 2.45) is 5.92 Å². The lowest BCUT2D eigenvalue weighted by molar-refractivity contribution is 0.514. The highest BCUT2D eigenvalue weighted by molar-refractivity contribution is 6.30. The van der Waals surface area contributed by atoms with Crippen LogP contribution in [0.1, 0.15) is 38.7 Å². The van der Waals surface area contributed by atoms with Crippen LogP contribution in [0.2, 0.25) is 5.02 Å². The molecular formula is C14H21ClFN. The molecular weight excluding hydrogens is 237 g/mol. The summed E-state index contributed by atoms with van der Waals surface area (Å²) in [6, 6.07) is 4.91. The molecule has 1 aromatic carbocycles. The molecule has 0 heterocycles. The van der Waals surface area contributed by atoms with Gasteiger partial charge in [0.1, 0.15) is 5.82 Å². The number of nitrogens with one attached hydrogen (secondary N) is 1. The fourth-order valence-electron chi connectivity index (χ4n) is 1.77. The van der Waals surface area contributed by atoms with E-state index in [-0.39, 0.29) is 11.7 Å². The molecule has 1 aromatic rings. The van der Waals surface area contributed by atoms with Crippen molar-refractivity contribution in [1.29, 1.82) is 0 Å². The highest BCUT2D eigenvalue weighted by atomic mass is 35.5. The number of hydrogen-bond donors (Lipinski definition) is 1. The Morgan fingerprint density at radius 1 is 1.29 bits per heavy atom. The Bertz CT molecular complexity index is 352. The molecule has 0 aromatic heterocycles. The van der Waals surface area contributed by atoms with E-state index >= 15 is 0 Å². The minimum absolute atomic E-state index is 0.200. The molecule has 1 N–H and O–H groups in total. The predicted molar refractivity (Wildman–Crippen MR) is 72.1 cm³/mol. The molecule has 0 aliphatic rings. The quantitative estimate of drug-likeness (QED) is 0.753. The number of halogens is 2. The van der Waals surface area contributed by atoms with Crippen LogP contribution >= 0.6 is 11.6 Å². The van der Waals surface area contributed by atoms with Crippen molar-refractivity contribution < 1.29 is 4.39 Å². The van der Waals surface area contributed by atoms with Crippen LogP contribution in [0, 0.1) is 11.7 Å². The molecule has 0 saturated carbocycles. The van der Waals surface area contributed by atoms with E-state index in [9.17, 15) is 4.39 Å². The second-order valence-corrected chi connectivity index (χ2v) is 5.39. The van der Waals surface area contributed by atoms with Gasteiger partial charge in [-0.05, 0) is 49.0 Å². The predicted octanol–water partition coefficient (Wildman–Crippen LogP) is 4.22. The monoisotopic (exact) mass is 257 g/mol. The van der Waals surface area contributed by atoms with E-state index in [2.05, 4.69) is 19.2 Å². The number of rotatable bonds is 6. The summed E-state index contributed by atoms with van der Waals surface area (Å²) >= 11 is 5.73. The van der Waals surface area contributed by atoms with Gasteiger partial charge in [0.15, 0.2) is 0 Å². The van der Waals surface area contributed by atoms with Gasteiger partial charge in [-0.3, -0.25) is 0 Å². The molecule has 96 valence electrons. The zero-order chi connectivity index (χ0) is 12.8. The molecule has 0 bridgehead atoms. The fourth-order valence-corrected chi connectivity index (χ4v) is 1.92. The molecule has 1 unspecified atom stereocenters. The highest BCUT2D eigenvalue weighted by Crippen LogP contribution is 2.24. The Labute approximate surface area is 108 Å². The van der Waals surface area contributed by atoms with E-state index in [1.165, 1.54) is 6.07 Å². The molecule has 0 aliphatic heterocycles. The van der Waals surface area contributed by atoms with E-state index in [1.54, 1.807) is 12.1 Å². The standard InChI is InChI=1S/C14H21ClFN/c1-10(2)9-17-7-6-11(3)13-5-4-12(15)8-14(13)16/h4-5,8,10-11,17H,6-7,9H2,1-3H3. The van der Waals surface area contributed by atoms with Gasteiger partial charge in [-0.25, -0.2) is 4.39 Å². The van der Waals surface area contributed by atoms with Gasteiger partial charge in [-0.1, -0.05) is 38.4 Å². The summed E-state index contributed by atoms with van der Waals surface area (Å²) in [5.41, 5.74) is 0.751. The van der Waals surface area contributed by atoms with Gasteiger partial charge in [-0.2, -0.15) is 0 Å². The van der Waals surface area contributed by atoms with Crippen LogP contribution in [0.3, 0.4) is 0 Å². The van der Waals surface area contributed by atoms with Crippen LogP contribution in [0.15, 0.2) is 18.2 Å². The highest BCUT2D eigenvalue weighted by Gasteiger charge is 2.10. The molecule has 0 radical (unpaired) electrons. The summed E-state index contributed by atoms with van der Waals surface area (Å²) in [4.78, 5) is 0. The normalized spacial score (nSPS) is 13.1. The van der Waals surface area contributed by atoms with Gasteiger partial charge >= 0.3 is 0 Å². The Kier molecular flexibility index (Phi) is 5.93. The van der Waals surface area contributed by atoms with E-state index in [1.807, 2.05) is 6.92 Å². The largest absolute Gasteiger partial charge is 0.316 e. The Morgan fingerprint density at radius 3 is 2.59 bits per heavy atom. The molecule has 0 saturated heterocycles. The maximum absolute atomic E-state index is 13.6. The third-order valence-electron chi connectivity index (χ3n) is 2.80. The topological polar surface area (TPSA) is 12.0 Å². The maximum Gasteiger partial charge on any atom is 0.128 e. The summed E-state index contributed by atoms with van der Waals surface area (Å²) in [6.45, 7) is 8.32. The SMILES string of the molecule is CC(C)CNCCC(C)c1ccc(Cl)cc1F. The fraction of sp³-hybridized carbons (Fsp3) is 0.571. The first-order valence-electron chi connectivity index (χ1n) is 6.16. The molecule has 3 heteroatoms. The second kappa shape index (κ2) is 6.97. The van der Waals surface area contributed by atoms with Crippen molar-refractivity contribution in [3.05, 3.63) is 34.6 Å². The summed E-state index contributed by atoms with van der Waals surface area (Å²) in [6.07, 6.45) is 0.936. The van der Waals surface area contributed by atoms with Crippen molar-refractivity contribution in [2.75, 3.05) is 13.1 Å². The van der Waals surface area contributed by atoms with Crippen molar-refractivity contribution in [3.63, 3.8) is 0 Å². The molecule has 0 spiro atoms. The minimum Gasteiger partial charge on any atom is -0.316 e. The molecule has 0 fully saturated rings. The lowest BCUT2D eigenvalue weighted by Crippen LogP contribution is -2.22. The van der Waals surface area contributed by atoms with E-state index < -0.39 is 0 Å². The van der Waals surface area contributed by atoms with Gasteiger partial charge in [0.05, 0.1) is 0 Å². The van der Waals surface area contributed by atoms with Gasteiger partial charge < -0.3 is 5.32 Å². The van der Waals surface area contributed by atoms with Crippen LogP contribution < -0.4 is 5.32 Å². The first-order valence-corrected chi connectivity index (χ1v) is 6.54. The minimum atomic E-state index is -0.200. The average molecular weight is 258 g/mol. The zero-order valence-corrected chi connectivity index (χ0v) is 11.5. The molecule has 0 amide bonds. The molecule has 1 atom stereocenters. The van der Waals surface area contributed by atoms with Gasteiger partial charge in [0.2, 0.25) is 0 Å². The van der Waals surface area contributed by atoms with Gasteiger partial charge in [0, 0.05) is 5.02 Å². The van der Waals surface area contributed by atoms with E-state index in [0.717, 1.165) is 25.1 Å². The smallest absolute Gasteiger partial charge is 0.128 e. The van der Waals surface area contributed by atoms with Gasteiger partial charge in [0.25, 0.3) is 0 Å². The second-order valence-electron chi connectivity index (χ2n) is 4.95. The summed E-state index contributed by atoms with van der Waals surface area (Å²) in [7, 11) is 0. The first kappa shape index (κ1) is 14.5. The summed E-state index contributed by atoms with van der Waals surface area (Å²) < 4.78 is 13.6. The zero-order valence-electron chi connectivity index (χ0n) is 10.8. The third-order valence-corrected chi connectivity index (χ3v) is 3.04. The van der Waals surface area contributed by atoms with Crippen molar-refractivity contribution in [3.8, 4) is 0 Å². The average Bonchev–Trinajstić information content (AvgIpc) is 2.23. The molecule has 17 heavy (non-hydrogen) atoms. The van der Waals surface area contributed by atoms with Crippen LogP contribution in [0.5, 0.6) is 0 Å². The number of hydrogen-bond acceptors (Lipinski definition) is 1. The Balaban J connectivity index is 2.44. The van der Waals surface area contributed by atoms with Crippen LogP contribution in [-0.4, -0.2) is 13.1 Å². The van der Waals surface area contributed by atoms with Gasteiger partial charge in [-0.15, -0.1) is 0 Å². The number of benzene rings is 1. The van der Waals surface area contributed by atoms with E-state index in [0.29, 0.717) is 10.9 Å². The van der Waals surface area contributed by atoms with Crippen LogP contribution in [0.25, 0.3) is 0 Å². The summed E-state index contributed by atoms with van der Waals surface area (Å²) in [5.74, 6) is 0.665. The maximum atomic E-state index is 13.6. The van der Waals surface area contributed by atoms with Crippen LogP contribution in [0.4, 0.5) is 4.39 Å². The molecule has 1 nitrogen and oxygen atoms in total. The Morgan fingerprint density at radius 2 is 2.00 bits per heavy atom. The lowest BCUT2D eigenvalue weighted by Gasteiger charge is -2.14.